The number of aliphatic carboxylic acids is 1. The van der Waals surface area contributed by atoms with E-state index in [-0.39, 0.29) is 41.3 Å². The van der Waals surface area contributed by atoms with Crippen LogP contribution in [0.5, 0.6) is 0 Å². The van der Waals surface area contributed by atoms with E-state index in [4.69, 9.17) is 0 Å². The van der Waals surface area contributed by atoms with Crippen LogP contribution in [-0.4, -0.2) is 58.5 Å². The quantitative estimate of drug-likeness (QED) is 0.346. The molecule has 0 aliphatic heterocycles. The van der Waals surface area contributed by atoms with E-state index in [0.29, 0.717) is 19.3 Å². The molecule has 3 atom stereocenters. The van der Waals surface area contributed by atoms with E-state index in [0.717, 1.165) is 6.42 Å². The molecule has 0 fully saturated rings. The van der Waals surface area contributed by atoms with Crippen molar-refractivity contribution in [3.8, 4) is 0 Å². The van der Waals surface area contributed by atoms with Crippen LogP contribution in [0.2, 0.25) is 0 Å². The van der Waals surface area contributed by atoms with Crippen LogP contribution in [0.25, 0.3) is 0 Å². The minimum absolute atomic E-state index is 0.0195. The number of carbonyl (C=O) groups excluding carboxylic acids is 2. The molecule has 0 bridgehead atoms. The van der Waals surface area contributed by atoms with Gasteiger partial charge in [0.2, 0.25) is 11.8 Å². The van der Waals surface area contributed by atoms with E-state index in [1.165, 1.54) is 6.92 Å². The third-order valence-corrected chi connectivity index (χ3v) is 6.32. The lowest BCUT2D eigenvalue weighted by molar-refractivity contribution is -0.139. The molecule has 0 spiro atoms. The van der Waals surface area contributed by atoms with Crippen molar-refractivity contribution in [1.29, 1.82) is 0 Å². The van der Waals surface area contributed by atoms with Gasteiger partial charge in [-0.1, -0.05) is 54.5 Å². The number of carboxylic acids is 1. The van der Waals surface area contributed by atoms with Crippen molar-refractivity contribution >= 4 is 17.8 Å². The zero-order valence-electron chi connectivity index (χ0n) is 21.9. The molecule has 0 radical (unpaired) electrons. The van der Waals surface area contributed by atoms with Crippen molar-refractivity contribution in [2.75, 3.05) is 7.05 Å². The molecule has 3 N–H and O–H groups in total. The number of nitrogens with zero attached hydrogens (tertiary/aromatic N) is 1. The van der Waals surface area contributed by atoms with Gasteiger partial charge in [0.05, 0.1) is 11.6 Å². The second-order valence-corrected chi connectivity index (χ2v) is 9.74. The SMILES string of the molecule is CCC(C)NC(CC)(CC)C(=O)N[C@@H](CC(C)C)C(=O)N(C)[C@H](/C=C(\C)C(=O)O)C(C)C. The first-order valence-corrected chi connectivity index (χ1v) is 12.0. The smallest absolute Gasteiger partial charge is 0.331 e. The number of nitrogens with one attached hydrogen (secondary N) is 2. The Balaban J connectivity index is 5.93. The van der Waals surface area contributed by atoms with Gasteiger partial charge in [0.1, 0.15) is 6.04 Å². The van der Waals surface area contributed by atoms with E-state index in [9.17, 15) is 19.5 Å². The van der Waals surface area contributed by atoms with Gasteiger partial charge in [-0.2, -0.15) is 0 Å². The molecular formula is C25H47N3O4. The summed E-state index contributed by atoms with van der Waals surface area (Å²) in [4.78, 5) is 39.8. The predicted molar refractivity (Wildman–Crippen MR) is 130 cm³/mol. The van der Waals surface area contributed by atoms with Gasteiger partial charge >= 0.3 is 5.97 Å². The number of likely N-dealkylation sites (N-methyl/N-ethyl adjacent to an activating group) is 1. The maximum Gasteiger partial charge on any atom is 0.331 e. The molecule has 7 heteroatoms. The Morgan fingerprint density at radius 2 is 1.56 bits per heavy atom. The van der Waals surface area contributed by atoms with Crippen LogP contribution in [0.1, 0.15) is 88.0 Å². The average Bonchev–Trinajstić information content (AvgIpc) is 2.73. The molecule has 0 aromatic rings. The summed E-state index contributed by atoms with van der Waals surface area (Å²) in [6.07, 6.45) is 4.26. The molecule has 0 aliphatic carbocycles. The van der Waals surface area contributed by atoms with Crippen molar-refractivity contribution < 1.29 is 19.5 Å². The van der Waals surface area contributed by atoms with Gasteiger partial charge in [0.15, 0.2) is 0 Å². The van der Waals surface area contributed by atoms with Crippen molar-refractivity contribution in [1.82, 2.24) is 15.5 Å². The highest BCUT2D eigenvalue weighted by Crippen LogP contribution is 2.20. The van der Waals surface area contributed by atoms with Gasteiger partial charge < -0.3 is 20.6 Å². The lowest BCUT2D eigenvalue weighted by Gasteiger charge is -2.37. The Morgan fingerprint density at radius 1 is 1.03 bits per heavy atom. The second-order valence-electron chi connectivity index (χ2n) is 9.74. The van der Waals surface area contributed by atoms with Gasteiger partial charge in [-0.3, -0.25) is 9.59 Å². The number of hydrogen-bond donors (Lipinski definition) is 3. The molecule has 0 aliphatic rings. The van der Waals surface area contributed by atoms with E-state index in [2.05, 4.69) is 24.5 Å². The Labute approximate surface area is 195 Å². The number of hydrogen-bond acceptors (Lipinski definition) is 4. The predicted octanol–water partition coefficient (Wildman–Crippen LogP) is 3.98. The number of carbonyl (C=O) groups is 3. The van der Waals surface area contributed by atoms with E-state index in [1.54, 1.807) is 18.0 Å². The Bertz CT molecular complexity index is 654. The van der Waals surface area contributed by atoms with Gasteiger partial charge in [0, 0.05) is 18.7 Å². The molecule has 0 saturated heterocycles. The molecule has 0 aromatic heterocycles. The zero-order chi connectivity index (χ0) is 25.2. The van der Waals surface area contributed by atoms with Crippen LogP contribution in [0.15, 0.2) is 11.6 Å². The number of amides is 2. The van der Waals surface area contributed by atoms with Gasteiger partial charge in [-0.25, -0.2) is 4.79 Å². The zero-order valence-corrected chi connectivity index (χ0v) is 21.9. The average molecular weight is 454 g/mol. The lowest BCUT2D eigenvalue weighted by Crippen LogP contribution is -2.62. The van der Waals surface area contributed by atoms with Crippen LogP contribution in [0.4, 0.5) is 0 Å². The maximum atomic E-state index is 13.5. The number of rotatable bonds is 14. The highest BCUT2D eigenvalue weighted by molar-refractivity contribution is 5.92. The molecular weight excluding hydrogens is 406 g/mol. The number of carboxylic acid groups (broad SMARTS) is 1. The summed E-state index contributed by atoms with van der Waals surface area (Å²) < 4.78 is 0. The molecule has 7 nitrogen and oxygen atoms in total. The topological polar surface area (TPSA) is 98.7 Å². The van der Waals surface area contributed by atoms with Crippen molar-refractivity contribution in [2.24, 2.45) is 11.8 Å². The summed E-state index contributed by atoms with van der Waals surface area (Å²) in [5, 5.41) is 15.8. The van der Waals surface area contributed by atoms with Gasteiger partial charge in [-0.15, -0.1) is 0 Å². The molecule has 0 aromatic carbocycles. The molecule has 32 heavy (non-hydrogen) atoms. The van der Waals surface area contributed by atoms with Crippen molar-refractivity contribution in [2.45, 2.75) is 112 Å². The lowest BCUT2D eigenvalue weighted by atomic mass is 9.89. The summed E-state index contributed by atoms with van der Waals surface area (Å²) in [7, 11) is 1.68. The minimum Gasteiger partial charge on any atom is -0.478 e. The highest BCUT2D eigenvalue weighted by atomic mass is 16.4. The first-order valence-electron chi connectivity index (χ1n) is 12.0. The normalized spacial score (nSPS) is 15.4. The molecule has 0 rings (SSSR count). The second kappa shape index (κ2) is 13.6. The van der Waals surface area contributed by atoms with Gasteiger partial charge in [-0.05, 0) is 51.4 Å². The molecule has 1 unspecified atom stereocenters. The summed E-state index contributed by atoms with van der Waals surface area (Å²) in [6, 6.07) is -0.883. The largest absolute Gasteiger partial charge is 0.478 e. The monoisotopic (exact) mass is 453 g/mol. The summed E-state index contributed by atoms with van der Waals surface area (Å²) in [5.41, 5.74) is -0.539. The van der Waals surface area contributed by atoms with Crippen molar-refractivity contribution in [3.63, 3.8) is 0 Å². The standard InChI is InChI=1S/C25H47N3O4/c1-11-19(9)27-25(12-2,13-3)24(32)26-20(14-16(4)5)22(29)28(10)21(17(6)7)15-18(8)23(30)31/h15-17,19-21,27H,11-14H2,1-10H3,(H,26,32)(H,30,31)/b18-15+/t19?,20-,21+/m0/s1. The third-order valence-electron chi connectivity index (χ3n) is 6.32. The minimum atomic E-state index is -1.00. The Hall–Kier alpha value is -1.89. The van der Waals surface area contributed by atoms with Crippen molar-refractivity contribution in [3.05, 3.63) is 11.6 Å². The molecule has 0 saturated carbocycles. The molecule has 0 heterocycles. The third kappa shape index (κ3) is 8.57. The Kier molecular flexibility index (Phi) is 12.8. The first-order chi connectivity index (χ1) is 14.8. The summed E-state index contributed by atoms with van der Waals surface area (Å²) >= 11 is 0. The van der Waals surface area contributed by atoms with Crippen LogP contribution in [0.3, 0.4) is 0 Å². The fourth-order valence-electron chi connectivity index (χ4n) is 3.88. The van der Waals surface area contributed by atoms with E-state index >= 15 is 0 Å². The summed E-state index contributed by atoms with van der Waals surface area (Å²) in [5.74, 6) is -1.15. The van der Waals surface area contributed by atoms with Crippen LogP contribution < -0.4 is 10.6 Å². The first kappa shape index (κ1) is 30.1. The fraction of sp³-hybridized carbons (Fsp3) is 0.800. The summed E-state index contributed by atoms with van der Waals surface area (Å²) in [6.45, 7) is 17.6. The fourth-order valence-corrected chi connectivity index (χ4v) is 3.88. The molecule has 186 valence electrons. The molecule has 2 amide bonds. The van der Waals surface area contributed by atoms with Crippen LogP contribution >= 0.6 is 0 Å². The Morgan fingerprint density at radius 3 is 1.94 bits per heavy atom. The van der Waals surface area contributed by atoms with Crippen LogP contribution in [-0.2, 0) is 14.4 Å². The van der Waals surface area contributed by atoms with Crippen LogP contribution in [0, 0.1) is 11.8 Å². The van der Waals surface area contributed by atoms with Gasteiger partial charge in [0.25, 0.3) is 0 Å². The highest BCUT2D eigenvalue weighted by Gasteiger charge is 2.39. The van der Waals surface area contributed by atoms with E-state index < -0.39 is 17.6 Å². The maximum absolute atomic E-state index is 13.5. The van der Waals surface area contributed by atoms with E-state index in [1.807, 2.05) is 41.5 Å².